The van der Waals surface area contributed by atoms with Gasteiger partial charge in [0.1, 0.15) is 11.9 Å². The van der Waals surface area contributed by atoms with Crippen LogP contribution in [0.15, 0.2) is 76.9 Å². The second-order valence-corrected chi connectivity index (χ2v) is 6.14. The van der Waals surface area contributed by atoms with Gasteiger partial charge in [-0.05, 0) is 49.8 Å². The summed E-state index contributed by atoms with van der Waals surface area (Å²) in [6.45, 7) is 3.84. The molecule has 1 atom stereocenters. The first kappa shape index (κ1) is 15.4. The predicted molar refractivity (Wildman–Crippen MR) is 99.6 cm³/mol. The molecule has 25 heavy (non-hydrogen) atoms. The van der Waals surface area contributed by atoms with E-state index in [2.05, 4.69) is 11.2 Å². The topological polar surface area (TPSA) is 41.9 Å². The highest BCUT2D eigenvalue weighted by atomic mass is 16.5. The Bertz CT molecular complexity index is 926. The zero-order valence-corrected chi connectivity index (χ0v) is 14.1. The molecule has 2 heterocycles. The molecule has 4 heteroatoms. The molecule has 0 aliphatic carbocycles. The zero-order valence-electron chi connectivity index (χ0n) is 14.1. The second-order valence-electron chi connectivity index (χ2n) is 6.14. The van der Waals surface area contributed by atoms with Gasteiger partial charge in [-0.2, -0.15) is 10.1 Å². The number of carbonyl (C=O) groups excluding carboxylic acids is 1. The number of ether oxygens (including phenoxy) is 1. The van der Waals surface area contributed by atoms with Crippen molar-refractivity contribution in [2.45, 2.75) is 20.0 Å². The van der Waals surface area contributed by atoms with Gasteiger partial charge in [0.15, 0.2) is 0 Å². The lowest BCUT2D eigenvalue weighted by atomic mass is 9.99. The van der Waals surface area contributed by atoms with Gasteiger partial charge in [0.2, 0.25) is 0 Å². The van der Waals surface area contributed by atoms with Crippen LogP contribution in [0.1, 0.15) is 19.4 Å². The second kappa shape index (κ2) is 6.06. The minimum atomic E-state index is -0.117. The van der Waals surface area contributed by atoms with Gasteiger partial charge in [0, 0.05) is 5.56 Å². The molecule has 2 aromatic rings. The lowest BCUT2D eigenvalue weighted by molar-refractivity contribution is -0.114. The summed E-state index contributed by atoms with van der Waals surface area (Å²) >= 11 is 0. The molecule has 0 bridgehead atoms. The first-order valence-electron chi connectivity index (χ1n) is 8.27. The third kappa shape index (κ3) is 2.76. The Labute approximate surface area is 146 Å². The average molecular weight is 330 g/mol. The van der Waals surface area contributed by atoms with Gasteiger partial charge in [-0.3, -0.25) is 4.79 Å². The van der Waals surface area contributed by atoms with E-state index in [1.54, 1.807) is 0 Å². The van der Waals surface area contributed by atoms with Gasteiger partial charge < -0.3 is 4.74 Å². The summed E-state index contributed by atoms with van der Waals surface area (Å²) < 4.78 is 5.96. The van der Waals surface area contributed by atoms with Crippen LogP contribution in [0.3, 0.4) is 0 Å². The summed E-state index contributed by atoms with van der Waals surface area (Å²) in [4.78, 5) is 12.8. The third-order valence-corrected chi connectivity index (χ3v) is 4.39. The van der Waals surface area contributed by atoms with Gasteiger partial charge in [-0.25, -0.2) is 0 Å². The van der Waals surface area contributed by atoms with Crippen molar-refractivity contribution >= 4 is 23.4 Å². The molecular weight excluding hydrogens is 312 g/mol. The fourth-order valence-electron chi connectivity index (χ4n) is 3.02. The number of nitrogens with zero attached hydrogens (tertiary/aromatic N) is 2. The molecule has 0 radical (unpaired) electrons. The number of carbonyl (C=O) groups is 1. The van der Waals surface area contributed by atoms with E-state index in [4.69, 9.17) is 4.74 Å². The number of anilines is 1. The normalized spacial score (nSPS) is 20.9. The van der Waals surface area contributed by atoms with Crippen molar-refractivity contribution in [1.29, 1.82) is 0 Å². The highest BCUT2D eigenvalue weighted by Gasteiger charge is 2.30. The van der Waals surface area contributed by atoms with E-state index < -0.39 is 0 Å². The summed E-state index contributed by atoms with van der Waals surface area (Å²) in [5.74, 6) is 0.752. The number of hydrazone groups is 1. The highest BCUT2D eigenvalue weighted by Crippen LogP contribution is 2.31. The average Bonchev–Trinajstić information content (AvgIpc) is 2.91. The summed E-state index contributed by atoms with van der Waals surface area (Å²) in [6, 6.07) is 17.4. The highest BCUT2D eigenvalue weighted by molar-refractivity contribution is 6.30. The Morgan fingerprint density at radius 3 is 2.60 bits per heavy atom. The van der Waals surface area contributed by atoms with Crippen LogP contribution in [-0.2, 0) is 4.79 Å². The molecule has 0 N–H and O–H groups in total. The minimum Gasteiger partial charge on any atom is -0.485 e. The van der Waals surface area contributed by atoms with Gasteiger partial charge in [-0.15, -0.1) is 0 Å². The molecule has 4 nitrogen and oxygen atoms in total. The first-order chi connectivity index (χ1) is 12.1. The van der Waals surface area contributed by atoms with Crippen molar-refractivity contribution < 1.29 is 9.53 Å². The van der Waals surface area contributed by atoms with Crippen LogP contribution in [-0.4, -0.2) is 17.7 Å². The fourth-order valence-corrected chi connectivity index (χ4v) is 3.02. The molecule has 0 spiro atoms. The van der Waals surface area contributed by atoms with Crippen molar-refractivity contribution in [3.05, 3.63) is 77.4 Å². The summed E-state index contributed by atoms with van der Waals surface area (Å²) in [5, 5.41) is 5.87. The van der Waals surface area contributed by atoms with E-state index in [9.17, 15) is 4.79 Å². The SMILES string of the molecule is CC1=NN(c2ccccc2)C(=O)/C1=C\C1=Cc2ccccc2O[C@H]1C. The van der Waals surface area contributed by atoms with Crippen molar-refractivity contribution in [3.8, 4) is 5.75 Å². The van der Waals surface area contributed by atoms with Crippen molar-refractivity contribution in [2.24, 2.45) is 5.10 Å². The number of amides is 1. The predicted octanol–water partition coefficient (Wildman–Crippen LogP) is 4.20. The van der Waals surface area contributed by atoms with E-state index in [1.807, 2.05) is 74.5 Å². The summed E-state index contributed by atoms with van der Waals surface area (Å²) in [7, 11) is 0. The molecule has 1 amide bonds. The molecule has 2 aliphatic heterocycles. The monoisotopic (exact) mass is 330 g/mol. The molecule has 0 aromatic heterocycles. The first-order valence-corrected chi connectivity index (χ1v) is 8.27. The number of fused-ring (bicyclic) bond motifs is 1. The number of hydrogen-bond acceptors (Lipinski definition) is 3. The third-order valence-electron chi connectivity index (χ3n) is 4.39. The maximum Gasteiger partial charge on any atom is 0.280 e. The fraction of sp³-hybridized carbons (Fsp3) is 0.143. The number of benzene rings is 2. The molecule has 2 aliphatic rings. The number of rotatable bonds is 2. The van der Waals surface area contributed by atoms with Crippen molar-refractivity contribution in [3.63, 3.8) is 0 Å². The Morgan fingerprint density at radius 1 is 1.08 bits per heavy atom. The number of hydrogen-bond donors (Lipinski definition) is 0. The molecule has 0 fully saturated rings. The quantitative estimate of drug-likeness (QED) is 0.775. The van der Waals surface area contributed by atoms with Crippen LogP contribution >= 0.6 is 0 Å². The van der Waals surface area contributed by atoms with E-state index in [-0.39, 0.29) is 12.0 Å². The maximum absolute atomic E-state index is 12.8. The lowest BCUT2D eigenvalue weighted by Crippen LogP contribution is -2.23. The van der Waals surface area contributed by atoms with Crippen LogP contribution in [0.25, 0.3) is 6.08 Å². The smallest absolute Gasteiger partial charge is 0.280 e. The summed E-state index contributed by atoms with van der Waals surface area (Å²) in [6.07, 6.45) is 3.85. The van der Waals surface area contributed by atoms with E-state index in [0.717, 1.165) is 22.6 Å². The van der Waals surface area contributed by atoms with Crippen LogP contribution in [0.2, 0.25) is 0 Å². The molecule has 0 unspecified atom stereocenters. The molecule has 2 aromatic carbocycles. The Kier molecular flexibility index (Phi) is 3.73. The van der Waals surface area contributed by atoms with E-state index >= 15 is 0 Å². The Hall–Kier alpha value is -3.14. The number of para-hydroxylation sites is 2. The largest absolute Gasteiger partial charge is 0.485 e. The minimum absolute atomic E-state index is 0.115. The van der Waals surface area contributed by atoms with Crippen LogP contribution < -0.4 is 9.75 Å². The molecule has 0 saturated heterocycles. The van der Waals surface area contributed by atoms with Gasteiger partial charge in [0.05, 0.1) is 17.0 Å². The van der Waals surface area contributed by atoms with Crippen LogP contribution in [0.5, 0.6) is 5.75 Å². The Morgan fingerprint density at radius 2 is 1.80 bits per heavy atom. The summed E-state index contributed by atoms with van der Waals surface area (Å²) in [5.41, 5.74) is 4.06. The van der Waals surface area contributed by atoms with Gasteiger partial charge in [0.25, 0.3) is 5.91 Å². The molecule has 0 saturated carbocycles. The molecular formula is C21H18N2O2. The standard InChI is InChI=1S/C21H18N2O2/c1-14-19(21(24)23(22-14)18-9-4-3-5-10-18)13-17-12-16-8-6-7-11-20(16)25-15(17)2/h3-13,15H,1-2H3/b19-13-/t15-/m0/s1. The van der Waals surface area contributed by atoms with Gasteiger partial charge in [-0.1, -0.05) is 36.4 Å². The van der Waals surface area contributed by atoms with E-state index in [0.29, 0.717) is 11.3 Å². The zero-order chi connectivity index (χ0) is 17.4. The lowest BCUT2D eigenvalue weighted by Gasteiger charge is -2.23. The van der Waals surface area contributed by atoms with Crippen molar-refractivity contribution in [2.75, 3.05) is 5.01 Å². The molecule has 4 rings (SSSR count). The van der Waals surface area contributed by atoms with E-state index in [1.165, 1.54) is 5.01 Å². The van der Waals surface area contributed by atoms with Crippen molar-refractivity contribution in [1.82, 2.24) is 0 Å². The van der Waals surface area contributed by atoms with Gasteiger partial charge >= 0.3 is 0 Å². The van der Waals surface area contributed by atoms with Crippen LogP contribution in [0, 0.1) is 0 Å². The van der Waals surface area contributed by atoms with Crippen LogP contribution in [0.4, 0.5) is 5.69 Å². The molecule has 124 valence electrons. The maximum atomic E-state index is 12.8. The Balaban J connectivity index is 1.70.